The van der Waals surface area contributed by atoms with E-state index in [9.17, 15) is 8.42 Å². The van der Waals surface area contributed by atoms with Crippen molar-refractivity contribution in [1.82, 2.24) is 10.0 Å². The van der Waals surface area contributed by atoms with Gasteiger partial charge in [-0.2, -0.15) is 0 Å². The summed E-state index contributed by atoms with van der Waals surface area (Å²) in [5, 5.41) is 3.63. The molecular weight excluding hydrogens is 316 g/mol. The van der Waals surface area contributed by atoms with E-state index in [1.165, 1.54) is 11.3 Å². The first-order chi connectivity index (χ1) is 9.51. The van der Waals surface area contributed by atoms with E-state index in [1.54, 1.807) is 30.3 Å². The number of benzene rings is 1. The Kier molecular flexibility index (Phi) is 5.17. The summed E-state index contributed by atoms with van der Waals surface area (Å²) in [6.45, 7) is 0.913. The minimum absolute atomic E-state index is 0.249. The molecule has 2 rings (SSSR count). The molecule has 7 heteroatoms. The van der Waals surface area contributed by atoms with Crippen LogP contribution in [0.25, 0.3) is 0 Å². The van der Waals surface area contributed by atoms with Crippen molar-refractivity contribution in [3.8, 4) is 0 Å². The molecule has 0 aliphatic rings. The molecule has 0 atom stereocenters. The summed E-state index contributed by atoms with van der Waals surface area (Å²) in [5.41, 5.74) is 0.866. The second-order valence-electron chi connectivity index (χ2n) is 4.20. The third kappa shape index (κ3) is 4.04. The molecule has 1 aromatic heterocycles. The van der Waals surface area contributed by atoms with Crippen LogP contribution in [-0.4, -0.2) is 15.5 Å². The van der Waals surface area contributed by atoms with Crippen LogP contribution in [-0.2, 0) is 23.1 Å². The molecule has 0 saturated heterocycles. The van der Waals surface area contributed by atoms with Gasteiger partial charge in [-0.25, -0.2) is 13.1 Å². The van der Waals surface area contributed by atoms with Crippen molar-refractivity contribution in [2.45, 2.75) is 17.3 Å². The van der Waals surface area contributed by atoms with Crippen molar-refractivity contribution in [3.63, 3.8) is 0 Å². The van der Waals surface area contributed by atoms with Crippen LogP contribution in [0.15, 0.2) is 40.6 Å². The van der Waals surface area contributed by atoms with Gasteiger partial charge in [0.25, 0.3) is 0 Å². The molecule has 0 amide bonds. The van der Waals surface area contributed by atoms with Crippen LogP contribution in [0.3, 0.4) is 0 Å². The lowest BCUT2D eigenvalue weighted by atomic mass is 10.2. The zero-order valence-electron chi connectivity index (χ0n) is 10.9. The first-order valence-corrected chi connectivity index (χ1v) is 8.66. The number of thiophene rings is 1. The molecule has 1 aromatic carbocycles. The van der Waals surface area contributed by atoms with Gasteiger partial charge in [-0.15, -0.1) is 11.3 Å². The number of rotatable bonds is 6. The van der Waals surface area contributed by atoms with Gasteiger partial charge in [0.15, 0.2) is 0 Å². The van der Waals surface area contributed by atoms with Crippen LogP contribution in [0.5, 0.6) is 0 Å². The van der Waals surface area contributed by atoms with Crippen LogP contribution < -0.4 is 10.0 Å². The second kappa shape index (κ2) is 6.69. The Morgan fingerprint density at radius 2 is 1.80 bits per heavy atom. The maximum Gasteiger partial charge on any atom is 0.250 e. The smallest absolute Gasteiger partial charge is 0.250 e. The minimum Gasteiger partial charge on any atom is -0.315 e. The molecule has 0 bridgehead atoms. The van der Waals surface area contributed by atoms with E-state index in [0.29, 0.717) is 15.8 Å². The van der Waals surface area contributed by atoms with E-state index < -0.39 is 10.0 Å². The number of hydrogen-bond donors (Lipinski definition) is 2. The summed E-state index contributed by atoms with van der Waals surface area (Å²) in [5.74, 6) is 0. The molecule has 2 aromatic rings. The Balaban J connectivity index is 2.04. The highest BCUT2D eigenvalue weighted by Crippen LogP contribution is 2.21. The highest BCUT2D eigenvalue weighted by Gasteiger charge is 2.16. The van der Waals surface area contributed by atoms with E-state index in [-0.39, 0.29) is 6.54 Å². The SMILES string of the molecule is CNCc1ccc(S(=O)(=O)NCc2ccc(Cl)cc2)s1. The third-order valence-electron chi connectivity index (χ3n) is 2.63. The molecule has 1 heterocycles. The highest BCUT2D eigenvalue weighted by atomic mass is 35.5. The number of nitrogens with one attached hydrogen (secondary N) is 2. The van der Waals surface area contributed by atoms with Crippen LogP contribution in [0.1, 0.15) is 10.4 Å². The van der Waals surface area contributed by atoms with Crippen LogP contribution in [0.2, 0.25) is 5.02 Å². The standard InChI is InChI=1S/C13H15ClN2O2S2/c1-15-9-12-6-7-13(19-12)20(17,18)16-8-10-2-4-11(14)5-3-10/h2-7,15-16H,8-9H2,1H3. The average Bonchev–Trinajstić information content (AvgIpc) is 2.88. The average molecular weight is 331 g/mol. The van der Waals surface area contributed by atoms with Crippen LogP contribution >= 0.6 is 22.9 Å². The largest absolute Gasteiger partial charge is 0.315 e. The van der Waals surface area contributed by atoms with Gasteiger partial charge in [-0.3, -0.25) is 0 Å². The van der Waals surface area contributed by atoms with Gasteiger partial charge in [-0.05, 0) is 36.9 Å². The molecule has 2 N–H and O–H groups in total. The number of halogens is 1. The number of sulfonamides is 1. The first-order valence-electron chi connectivity index (χ1n) is 5.99. The van der Waals surface area contributed by atoms with Crippen molar-refractivity contribution in [3.05, 3.63) is 51.9 Å². The topological polar surface area (TPSA) is 58.2 Å². The molecule has 0 saturated carbocycles. The third-order valence-corrected chi connectivity index (χ3v) is 5.86. The van der Waals surface area contributed by atoms with Crippen molar-refractivity contribution in [2.24, 2.45) is 0 Å². The van der Waals surface area contributed by atoms with Gasteiger partial charge >= 0.3 is 0 Å². The molecule has 20 heavy (non-hydrogen) atoms. The van der Waals surface area contributed by atoms with E-state index in [1.807, 2.05) is 13.1 Å². The number of hydrogen-bond acceptors (Lipinski definition) is 4. The van der Waals surface area contributed by atoms with Crippen molar-refractivity contribution in [1.29, 1.82) is 0 Å². The Morgan fingerprint density at radius 1 is 1.10 bits per heavy atom. The van der Waals surface area contributed by atoms with E-state index in [4.69, 9.17) is 11.6 Å². The lowest BCUT2D eigenvalue weighted by molar-refractivity contribution is 0.583. The molecule has 0 aliphatic carbocycles. The Labute approximate surface area is 127 Å². The summed E-state index contributed by atoms with van der Waals surface area (Å²) in [7, 11) is -1.63. The fourth-order valence-electron chi connectivity index (χ4n) is 1.62. The maximum absolute atomic E-state index is 12.1. The van der Waals surface area contributed by atoms with Crippen molar-refractivity contribution in [2.75, 3.05) is 7.05 Å². The van der Waals surface area contributed by atoms with Crippen LogP contribution in [0, 0.1) is 0 Å². The van der Waals surface area contributed by atoms with Crippen molar-refractivity contribution < 1.29 is 8.42 Å². The monoisotopic (exact) mass is 330 g/mol. The summed E-state index contributed by atoms with van der Waals surface area (Å²) in [4.78, 5) is 0.986. The molecule has 0 fully saturated rings. The summed E-state index contributed by atoms with van der Waals surface area (Å²) in [6.07, 6.45) is 0. The fraction of sp³-hybridized carbons (Fsp3) is 0.231. The lowest BCUT2D eigenvalue weighted by Crippen LogP contribution is -2.22. The predicted molar refractivity (Wildman–Crippen MR) is 82.6 cm³/mol. The van der Waals surface area contributed by atoms with E-state index in [0.717, 1.165) is 10.4 Å². The first kappa shape index (κ1) is 15.5. The summed E-state index contributed by atoms with van der Waals surface area (Å²) in [6, 6.07) is 10.5. The molecule has 0 unspecified atom stereocenters. The molecule has 0 aliphatic heterocycles. The second-order valence-corrected chi connectivity index (χ2v) is 7.80. The maximum atomic E-state index is 12.1. The van der Waals surface area contributed by atoms with Gasteiger partial charge in [0.1, 0.15) is 4.21 Å². The normalized spacial score (nSPS) is 11.7. The highest BCUT2D eigenvalue weighted by molar-refractivity contribution is 7.91. The zero-order valence-corrected chi connectivity index (χ0v) is 13.3. The van der Waals surface area contributed by atoms with Crippen molar-refractivity contribution >= 4 is 33.0 Å². The molecular formula is C13H15ClN2O2S2. The van der Waals surface area contributed by atoms with Gasteiger partial charge in [0, 0.05) is 23.0 Å². The Morgan fingerprint density at radius 3 is 2.45 bits per heavy atom. The minimum atomic E-state index is -3.46. The summed E-state index contributed by atoms with van der Waals surface area (Å²) >= 11 is 7.06. The molecule has 108 valence electrons. The van der Waals surface area contributed by atoms with E-state index in [2.05, 4.69) is 10.0 Å². The molecule has 4 nitrogen and oxygen atoms in total. The van der Waals surface area contributed by atoms with Gasteiger partial charge in [-0.1, -0.05) is 23.7 Å². The van der Waals surface area contributed by atoms with Gasteiger partial charge in [0.05, 0.1) is 0 Å². The van der Waals surface area contributed by atoms with Gasteiger partial charge < -0.3 is 5.32 Å². The Bertz CT molecular complexity index is 666. The van der Waals surface area contributed by atoms with Crippen LogP contribution in [0.4, 0.5) is 0 Å². The quantitative estimate of drug-likeness (QED) is 0.856. The van der Waals surface area contributed by atoms with Gasteiger partial charge in [0.2, 0.25) is 10.0 Å². The fourth-order valence-corrected chi connectivity index (χ4v) is 4.18. The van der Waals surface area contributed by atoms with E-state index >= 15 is 0 Å². The zero-order chi connectivity index (χ0) is 14.6. The predicted octanol–water partition coefficient (Wildman–Crippen LogP) is 2.60. The summed E-state index contributed by atoms with van der Waals surface area (Å²) < 4.78 is 27.2. The molecule has 0 radical (unpaired) electrons. The Hall–Kier alpha value is -0.920. The lowest BCUT2D eigenvalue weighted by Gasteiger charge is -2.05. The molecule has 0 spiro atoms.